The Kier molecular flexibility index (Phi) is 3.88. The fraction of sp³-hybridized carbons (Fsp3) is 0.400. The van der Waals surface area contributed by atoms with Gasteiger partial charge in [0.1, 0.15) is 0 Å². The number of nitrogen functional groups attached to an aromatic ring is 1. The van der Waals surface area contributed by atoms with Crippen LogP contribution in [0.2, 0.25) is 0 Å². The standard InChI is InChI=1S/C10H14N6OS/c1-6(2)17-10-15-8(11)14-9(16-10)13-4-7-3-12-5-18-7/h3,5-6H,4H2,1-2H3,(H3,11,13,14,15,16). The van der Waals surface area contributed by atoms with E-state index in [9.17, 15) is 0 Å². The molecule has 0 saturated heterocycles. The van der Waals surface area contributed by atoms with E-state index in [2.05, 4.69) is 25.3 Å². The van der Waals surface area contributed by atoms with E-state index in [1.165, 1.54) is 0 Å². The van der Waals surface area contributed by atoms with Gasteiger partial charge in [0, 0.05) is 11.1 Å². The molecule has 2 heterocycles. The van der Waals surface area contributed by atoms with Crippen molar-refractivity contribution in [3.63, 3.8) is 0 Å². The van der Waals surface area contributed by atoms with Gasteiger partial charge in [-0.15, -0.1) is 11.3 Å². The summed E-state index contributed by atoms with van der Waals surface area (Å²) in [5.74, 6) is 0.527. The molecule has 0 bridgehead atoms. The first-order chi connectivity index (χ1) is 8.63. The molecule has 8 heteroatoms. The number of ether oxygens (including phenoxy) is 1. The van der Waals surface area contributed by atoms with Gasteiger partial charge in [-0.05, 0) is 13.8 Å². The first kappa shape index (κ1) is 12.5. The number of anilines is 2. The van der Waals surface area contributed by atoms with E-state index in [0.717, 1.165) is 4.88 Å². The molecule has 0 aliphatic carbocycles. The van der Waals surface area contributed by atoms with Gasteiger partial charge in [-0.3, -0.25) is 4.98 Å². The molecule has 7 nitrogen and oxygen atoms in total. The van der Waals surface area contributed by atoms with E-state index in [1.54, 1.807) is 23.0 Å². The maximum absolute atomic E-state index is 5.59. The lowest BCUT2D eigenvalue weighted by Gasteiger charge is -2.09. The number of thiazole rings is 1. The lowest BCUT2D eigenvalue weighted by Crippen LogP contribution is -2.12. The van der Waals surface area contributed by atoms with Crippen molar-refractivity contribution in [2.45, 2.75) is 26.5 Å². The van der Waals surface area contributed by atoms with Gasteiger partial charge in [0.25, 0.3) is 0 Å². The van der Waals surface area contributed by atoms with Crippen molar-refractivity contribution in [1.82, 2.24) is 19.9 Å². The molecule has 0 radical (unpaired) electrons. The van der Waals surface area contributed by atoms with Crippen LogP contribution in [-0.4, -0.2) is 26.0 Å². The number of aromatic nitrogens is 4. The zero-order valence-electron chi connectivity index (χ0n) is 10.1. The van der Waals surface area contributed by atoms with Crippen molar-refractivity contribution < 1.29 is 4.74 Å². The van der Waals surface area contributed by atoms with Crippen LogP contribution >= 0.6 is 11.3 Å². The van der Waals surface area contributed by atoms with Gasteiger partial charge in [0.15, 0.2) is 0 Å². The molecule has 0 aliphatic heterocycles. The predicted octanol–water partition coefficient (Wildman–Crippen LogP) is 1.31. The van der Waals surface area contributed by atoms with Crippen molar-refractivity contribution in [3.05, 3.63) is 16.6 Å². The highest BCUT2D eigenvalue weighted by Gasteiger charge is 2.07. The molecule has 0 amide bonds. The maximum atomic E-state index is 5.59. The van der Waals surface area contributed by atoms with Crippen LogP contribution in [0.1, 0.15) is 18.7 Å². The van der Waals surface area contributed by atoms with Crippen LogP contribution in [0.15, 0.2) is 11.7 Å². The van der Waals surface area contributed by atoms with Gasteiger partial charge in [-0.25, -0.2) is 0 Å². The highest BCUT2D eigenvalue weighted by molar-refractivity contribution is 7.09. The lowest BCUT2D eigenvalue weighted by molar-refractivity contribution is 0.222. The average molecular weight is 266 g/mol. The molecule has 0 saturated carbocycles. The van der Waals surface area contributed by atoms with Gasteiger partial charge in [0.2, 0.25) is 11.9 Å². The van der Waals surface area contributed by atoms with Crippen LogP contribution in [0.5, 0.6) is 6.01 Å². The monoisotopic (exact) mass is 266 g/mol. The number of hydrogen-bond donors (Lipinski definition) is 2. The Labute approximate surface area is 108 Å². The smallest absolute Gasteiger partial charge is 0.323 e. The summed E-state index contributed by atoms with van der Waals surface area (Å²) in [5, 5.41) is 3.05. The third-order valence-electron chi connectivity index (χ3n) is 1.88. The van der Waals surface area contributed by atoms with Crippen molar-refractivity contribution in [2.24, 2.45) is 0 Å². The minimum absolute atomic E-state index is 0.0128. The van der Waals surface area contributed by atoms with Gasteiger partial charge in [0.05, 0.1) is 18.2 Å². The quantitative estimate of drug-likeness (QED) is 0.841. The highest BCUT2D eigenvalue weighted by Crippen LogP contribution is 2.12. The molecular formula is C10H14N6OS. The Morgan fingerprint density at radius 3 is 2.89 bits per heavy atom. The SMILES string of the molecule is CC(C)Oc1nc(N)nc(NCc2cncs2)n1. The molecule has 2 rings (SSSR count). The second kappa shape index (κ2) is 5.58. The van der Waals surface area contributed by atoms with E-state index in [1.807, 2.05) is 13.8 Å². The zero-order chi connectivity index (χ0) is 13.0. The molecule has 0 spiro atoms. The van der Waals surface area contributed by atoms with Gasteiger partial charge in [-0.1, -0.05) is 0 Å². The molecule has 2 aromatic heterocycles. The first-order valence-corrected chi connectivity index (χ1v) is 6.31. The summed E-state index contributed by atoms with van der Waals surface area (Å²) in [6.45, 7) is 4.38. The molecule has 0 aliphatic rings. The summed E-state index contributed by atoms with van der Waals surface area (Å²) in [6, 6.07) is 0.226. The molecular weight excluding hydrogens is 252 g/mol. The number of rotatable bonds is 5. The fourth-order valence-corrected chi connectivity index (χ4v) is 1.74. The Morgan fingerprint density at radius 2 is 2.22 bits per heavy atom. The molecule has 0 unspecified atom stereocenters. The lowest BCUT2D eigenvalue weighted by atomic mass is 10.5. The van der Waals surface area contributed by atoms with Crippen LogP contribution in [0.25, 0.3) is 0 Å². The third kappa shape index (κ3) is 3.52. The van der Waals surface area contributed by atoms with Crippen molar-refractivity contribution in [1.29, 1.82) is 0 Å². The Hall–Kier alpha value is -1.96. The Balaban J connectivity index is 2.05. The van der Waals surface area contributed by atoms with E-state index < -0.39 is 0 Å². The van der Waals surface area contributed by atoms with E-state index in [0.29, 0.717) is 12.5 Å². The number of nitrogens with two attached hydrogens (primary N) is 1. The molecule has 0 atom stereocenters. The predicted molar refractivity (Wildman–Crippen MR) is 69.4 cm³/mol. The normalized spacial score (nSPS) is 10.6. The van der Waals surface area contributed by atoms with Gasteiger partial charge >= 0.3 is 6.01 Å². The maximum Gasteiger partial charge on any atom is 0.323 e. The molecule has 3 N–H and O–H groups in total. The average Bonchev–Trinajstić information content (AvgIpc) is 2.77. The van der Waals surface area contributed by atoms with E-state index in [-0.39, 0.29) is 18.1 Å². The minimum atomic E-state index is -0.0128. The number of nitrogens with zero attached hydrogens (tertiary/aromatic N) is 4. The second-order valence-electron chi connectivity index (χ2n) is 3.79. The first-order valence-electron chi connectivity index (χ1n) is 5.43. The largest absolute Gasteiger partial charge is 0.461 e. The molecule has 18 heavy (non-hydrogen) atoms. The van der Waals surface area contributed by atoms with Crippen LogP contribution in [0.3, 0.4) is 0 Å². The van der Waals surface area contributed by atoms with Crippen LogP contribution < -0.4 is 15.8 Å². The molecule has 2 aromatic rings. The highest BCUT2D eigenvalue weighted by atomic mass is 32.1. The van der Waals surface area contributed by atoms with Gasteiger partial charge in [-0.2, -0.15) is 15.0 Å². The van der Waals surface area contributed by atoms with Gasteiger partial charge < -0.3 is 15.8 Å². The summed E-state index contributed by atoms with van der Waals surface area (Å²) in [6.07, 6.45) is 1.77. The van der Waals surface area contributed by atoms with Crippen LogP contribution in [0.4, 0.5) is 11.9 Å². The second-order valence-corrected chi connectivity index (χ2v) is 4.76. The Morgan fingerprint density at radius 1 is 1.39 bits per heavy atom. The number of hydrogen-bond acceptors (Lipinski definition) is 8. The summed E-state index contributed by atoms with van der Waals surface area (Å²) in [5.41, 5.74) is 7.36. The zero-order valence-corrected chi connectivity index (χ0v) is 10.9. The topological polar surface area (TPSA) is 98.8 Å². The van der Waals surface area contributed by atoms with E-state index in [4.69, 9.17) is 10.5 Å². The summed E-state index contributed by atoms with van der Waals surface area (Å²) >= 11 is 1.55. The summed E-state index contributed by atoms with van der Waals surface area (Å²) in [4.78, 5) is 17.1. The minimum Gasteiger partial charge on any atom is -0.461 e. The molecule has 0 aromatic carbocycles. The van der Waals surface area contributed by atoms with E-state index >= 15 is 0 Å². The third-order valence-corrected chi connectivity index (χ3v) is 2.66. The van der Waals surface area contributed by atoms with Crippen molar-refractivity contribution in [3.8, 4) is 6.01 Å². The summed E-state index contributed by atoms with van der Waals surface area (Å²) in [7, 11) is 0. The fourth-order valence-electron chi connectivity index (χ4n) is 1.21. The van der Waals surface area contributed by atoms with Crippen LogP contribution in [-0.2, 0) is 6.54 Å². The van der Waals surface area contributed by atoms with Crippen LogP contribution in [0, 0.1) is 0 Å². The molecule has 0 fully saturated rings. The Bertz CT molecular complexity index is 501. The van der Waals surface area contributed by atoms with Crippen molar-refractivity contribution in [2.75, 3.05) is 11.1 Å². The number of nitrogens with one attached hydrogen (secondary N) is 1. The van der Waals surface area contributed by atoms with Crippen molar-refractivity contribution >= 4 is 23.2 Å². The molecule has 96 valence electrons. The summed E-state index contributed by atoms with van der Waals surface area (Å²) < 4.78 is 5.38.